The van der Waals surface area contributed by atoms with Crippen LogP contribution in [0, 0.1) is 11.3 Å². The molecule has 0 radical (unpaired) electrons. The highest BCUT2D eigenvalue weighted by Crippen LogP contribution is 2.25. The molecule has 80 valence electrons. The van der Waals surface area contributed by atoms with Crippen LogP contribution in [0.5, 0.6) is 0 Å². The maximum atomic E-state index is 9.00. The number of hydrogen-bond donors (Lipinski definition) is 1. The fourth-order valence-corrected chi connectivity index (χ4v) is 1.77. The van der Waals surface area contributed by atoms with Crippen LogP contribution in [0.2, 0.25) is 10.0 Å². The Kier molecular flexibility index (Phi) is 4.90. The van der Waals surface area contributed by atoms with E-state index in [1.165, 1.54) is 0 Å². The van der Waals surface area contributed by atoms with Crippen LogP contribution >= 0.6 is 23.2 Å². The minimum Gasteiger partial charge on any atom is -0.298 e. The molecule has 0 aliphatic heterocycles. The van der Waals surface area contributed by atoms with E-state index in [0.29, 0.717) is 10.0 Å². The quantitative estimate of drug-likeness (QED) is 0.877. The van der Waals surface area contributed by atoms with Crippen molar-refractivity contribution in [1.29, 1.82) is 5.26 Å². The molecular formula is C11H12Cl2N2. The van der Waals surface area contributed by atoms with Gasteiger partial charge in [-0.25, -0.2) is 0 Å². The lowest BCUT2D eigenvalue weighted by Gasteiger charge is -2.12. The Balaban J connectivity index is 2.88. The van der Waals surface area contributed by atoms with E-state index < -0.39 is 0 Å². The monoisotopic (exact) mass is 242 g/mol. The van der Waals surface area contributed by atoms with Gasteiger partial charge < -0.3 is 0 Å². The first kappa shape index (κ1) is 12.3. The molecule has 4 heteroatoms. The van der Waals surface area contributed by atoms with Gasteiger partial charge in [-0.2, -0.15) is 5.26 Å². The van der Waals surface area contributed by atoms with Crippen molar-refractivity contribution in [3.05, 3.63) is 33.8 Å². The molecule has 0 fully saturated rings. The summed E-state index contributed by atoms with van der Waals surface area (Å²) in [5, 5.41) is 13.2. The zero-order valence-electron chi connectivity index (χ0n) is 8.43. The van der Waals surface area contributed by atoms with Gasteiger partial charge in [-0.15, -0.1) is 0 Å². The lowest BCUT2D eigenvalue weighted by molar-refractivity contribution is 0.621. The molecule has 1 unspecified atom stereocenters. The Bertz CT molecular complexity index is 371. The van der Waals surface area contributed by atoms with Gasteiger partial charge in [0.1, 0.15) is 6.04 Å². The van der Waals surface area contributed by atoms with Crippen molar-refractivity contribution < 1.29 is 0 Å². The zero-order chi connectivity index (χ0) is 11.3. The maximum absolute atomic E-state index is 9.00. The predicted octanol–water partition coefficient (Wildman–Crippen LogP) is 3.56. The summed E-state index contributed by atoms with van der Waals surface area (Å²) >= 11 is 11.8. The summed E-state index contributed by atoms with van der Waals surface area (Å²) in [5.74, 6) is 0. The summed E-state index contributed by atoms with van der Waals surface area (Å²) in [5.41, 5.74) is 0.775. The van der Waals surface area contributed by atoms with E-state index in [1.807, 2.05) is 6.92 Å². The largest absolute Gasteiger partial charge is 0.298 e. The topological polar surface area (TPSA) is 35.8 Å². The Morgan fingerprint density at radius 2 is 2.20 bits per heavy atom. The fourth-order valence-electron chi connectivity index (χ4n) is 1.25. The number of nitrogens with zero attached hydrogens (tertiary/aromatic N) is 1. The highest BCUT2D eigenvalue weighted by molar-refractivity contribution is 6.35. The van der Waals surface area contributed by atoms with Crippen LogP contribution in [0.4, 0.5) is 0 Å². The SMILES string of the molecule is CCCNC(C#N)c1ccc(Cl)cc1Cl. The average molecular weight is 243 g/mol. The Morgan fingerprint density at radius 3 is 2.73 bits per heavy atom. The van der Waals surface area contributed by atoms with Gasteiger partial charge in [0, 0.05) is 15.6 Å². The Morgan fingerprint density at radius 1 is 1.47 bits per heavy atom. The third-order valence-electron chi connectivity index (χ3n) is 2.00. The molecule has 0 saturated carbocycles. The molecule has 2 nitrogen and oxygen atoms in total. The van der Waals surface area contributed by atoms with Crippen LogP contribution in [-0.4, -0.2) is 6.54 Å². The molecule has 0 bridgehead atoms. The lowest BCUT2D eigenvalue weighted by Crippen LogP contribution is -2.20. The first-order valence-corrected chi connectivity index (χ1v) is 5.52. The number of halogens is 2. The standard InChI is InChI=1S/C11H12Cl2N2/c1-2-5-15-11(7-14)9-4-3-8(12)6-10(9)13/h3-4,6,11,15H,2,5H2,1H3. The second-order valence-corrected chi connectivity index (χ2v) is 4.03. The van der Waals surface area contributed by atoms with Crippen molar-refractivity contribution in [2.45, 2.75) is 19.4 Å². The summed E-state index contributed by atoms with van der Waals surface area (Å²) in [6.07, 6.45) is 0.976. The van der Waals surface area contributed by atoms with E-state index >= 15 is 0 Å². The van der Waals surface area contributed by atoms with E-state index in [-0.39, 0.29) is 6.04 Å². The molecular weight excluding hydrogens is 231 g/mol. The van der Waals surface area contributed by atoms with E-state index in [2.05, 4.69) is 11.4 Å². The van der Waals surface area contributed by atoms with Crippen LogP contribution in [-0.2, 0) is 0 Å². The van der Waals surface area contributed by atoms with Gasteiger partial charge >= 0.3 is 0 Å². The van der Waals surface area contributed by atoms with Gasteiger partial charge in [0.15, 0.2) is 0 Å². The van der Waals surface area contributed by atoms with Crippen molar-refractivity contribution >= 4 is 23.2 Å². The van der Waals surface area contributed by atoms with Gasteiger partial charge in [0.25, 0.3) is 0 Å². The summed E-state index contributed by atoms with van der Waals surface area (Å²) in [4.78, 5) is 0. The number of rotatable bonds is 4. The fraction of sp³-hybridized carbons (Fsp3) is 0.364. The summed E-state index contributed by atoms with van der Waals surface area (Å²) < 4.78 is 0. The molecule has 0 spiro atoms. The van der Waals surface area contributed by atoms with Crippen LogP contribution in [0.3, 0.4) is 0 Å². The molecule has 0 aromatic heterocycles. The molecule has 0 aliphatic carbocycles. The normalized spacial score (nSPS) is 12.1. The van der Waals surface area contributed by atoms with Crippen LogP contribution in [0.15, 0.2) is 18.2 Å². The minimum absolute atomic E-state index is 0.366. The lowest BCUT2D eigenvalue weighted by atomic mass is 10.1. The third-order valence-corrected chi connectivity index (χ3v) is 2.56. The van der Waals surface area contributed by atoms with E-state index in [1.54, 1.807) is 18.2 Å². The summed E-state index contributed by atoms with van der Waals surface area (Å²) in [7, 11) is 0. The van der Waals surface area contributed by atoms with Crippen molar-refractivity contribution in [2.24, 2.45) is 0 Å². The molecule has 1 aromatic carbocycles. The van der Waals surface area contributed by atoms with Gasteiger partial charge in [-0.1, -0.05) is 36.2 Å². The highest BCUT2D eigenvalue weighted by atomic mass is 35.5. The number of nitrogens with one attached hydrogen (secondary N) is 1. The smallest absolute Gasteiger partial charge is 0.122 e. The maximum Gasteiger partial charge on any atom is 0.122 e. The molecule has 15 heavy (non-hydrogen) atoms. The van der Waals surface area contributed by atoms with Crippen molar-refractivity contribution in [2.75, 3.05) is 6.54 Å². The third kappa shape index (κ3) is 3.39. The molecule has 1 rings (SSSR count). The molecule has 0 aliphatic rings. The summed E-state index contributed by atoms with van der Waals surface area (Å²) in [6.45, 7) is 2.84. The summed E-state index contributed by atoms with van der Waals surface area (Å²) in [6, 6.07) is 6.97. The van der Waals surface area contributed by atoms with Gasteiger partial charge in [-0.05, 0) is 25.1 Å². The molecule has 1 aromatic rings. The predicted molar refractivity (Wildman–Crippen MR) is 63.1 cm³/mol. The first-order valence-electron chi connectivity index (χ1n) is 4.77. The number of benzene rings is 1. The highest BCUT2D eigenvalue weighted by Gasteiger charge is 2.12. The van der Waals surface area contributed by atoms with Crippen molar-refractivity contribution in [3.8, 4) is 6.07 Å². The Labute approximate surface area is 99.8 Å². The molecule has 0 heterocycles. The molecule has 0 amide bonds. The average Bonchev–Trinajstić information content (AvgIpc) is 2.21. The minimum atomic E-state index is -0.366. The molecule has 1 atom stereocenters. The van der Waals surface area contributed by atoms with Crippen LogP contribution in [0.1, 0.15) is 24.9 Å². The van der Waals surface area contributed by atoms with Crippen molar-refractivity contribution in [3.63, 3.8) is 0 Å². The van der Waals surface area contributed by atoms with Crippen LogP contribution < -0.4 is 5.32 Å². The second-order valence-electron chi connectivity index (χ2n) is 3.18. The Hall–Kier alpha value is -0.750. The number of nitriles is 1. The van der Waals surface area contributed by atoms with E-state index in [0.717, 1.165) is 18.5 Å². The van der Waals surface area contributed by atoms with Gasteiger partial charge in [0.05, 0.1) is 6.07 Å². The van der Waals surface area contributed by atoms with Gasteiger partial charge in [-0.3, -0.25) is 5.32 Å². The van der Waals surface area contributed by atoms with Crippen molar-refractivity contribution in [1.82, 2.24) is 5.32 Å². The van der Waals surface area contributed by atoms with Crippen LogP contribution in [0.25, 0.3) is 0 Å². The molecule has 0 saturated heterocycles. The van der Waals surface area contributed by atoms with E-state index in [9.17, 15) is 0 Å². The number of hydrogen-bond acceptors (Lipinski definition) is 2. The zero-order valence-corrected chi connectivity index (χ0v) is 9.94. The molecule has 1 N–H and O–H groups in total. The van der Waals surface area contributed by atoms with Gasteiger partial charge in [0.2, 0.25) is 0 Å². The second kappa shape index (κ2) is 5.97. The first-order chi connectivity index (χ1) is 7.19. The van der Waals surface area contributed by atoms with E-state index in [4.69, 9.17) is 28.5 Å².